The highest BCUT2D eigenvalue weighted by atomic mass is 127. The number of hydrogen-bond donors (Lipinski definition) is 2. The number of H-pyrrole nitrogens is 1. The van der Waals surface area contributed by atoms with Crippen LogP contribution in [-0.4, -0.2) is 21.6 Å². The van der Waals surface area contributed by atoms with E-state index in [1.165, 1.54) is 17.8 Å². The zero-order valence-corrected chi connectivity index (χ0v) is 15.2. The Bertz CT molecular complexity index is 713. The minimum absolute atomic E-state index is 0.135. The molecule has 5 nitrogen and oxygen atoms in total. The Morgan fingerprint density at radius 3 is 2.68 bits per heavy atom. The largest absolute Gasteiger partial charge is 0.325 e. The Morgan fingerprint density at radius 1 is 1.36 bits per heavy atom. The van der Waals surface area contributed by atoms with E-state index in [1.807, 2.05) is 38.1 Å². The van der Waals surface area contributed by atoms with E-state index in [2.05, 4.69) is 37.9 Å². The van der Waals surface area contributed by atoms with E-state index >= 15 is 0 Å². The molecule has 2 N–H and O–H groups in total. The molecule has 0 radical (unpaired) electrons. The molecule has 1 aromatic carbocycles. The van der Waals surface area contributed by atoms with Crippen molar-refractivity contribution in [2.24, 2.45) is 0 Å². The first-order chi connectivity index (χ1) is 10.4. The van der Waals surface area contributed by atoms with Crippen molar-refractivity contribution in [3.8, 4) is 0 Å². The maximum atomic E-state index is 11.9. The zero-order chi connectivity index (χ0) is 16.1. The molecular formula is C15H16IN3O2S. The van der Waals surface area contributed by atoms with Crippen molar-refractivity contribution < 1.29 is 4.79 Å². The summed E-state index contributed by atoms with van der Waals surface area (Å²) in [7, 11) is 0. The van der Waals surface area contributed by atoms with E-state index in [1.54, 1.807) is 0 Å². The summed E-state index contributed by atoms with van der Waals surface area (Å²) < 4.78 is 1.11. The first-order valence-electron chi connectivity index (χ1n) is 6.73. The van der Waals surface area contributed by atoms with Crippen LogP contribution in [0.1, 0.15) is 25.5 Å². The Kier molecular flexibility index (Phi) is 6.01. The fourth-order valence-corrected chi connectivity index (χ4v) is 2.72. The molecule has 2 rings (SSSR count). The van der Waals surface area contributed by atoms with Gasteiger partial charge in [0.2, 0.25) is 5.91 Å². The fraction of sp³-hybridized carbons (Fsp3) is 0.267. The molecule has 0 aliphatic heterocycles. The van der Waals surface area contributed by atoms with Crippen LogP contribution in [0.2, 0.25) is 0 Å². The van der Waals surface area contributed by atoms with E-state index in [-0.39, 0.29) is 23.1 Å². The molecule has 0 spiro atoms. The van der Waals surface area contributed by atoms with Crippen molar-refractivity contribution in [2.75, 3.05) is 11.1 Å². The lowest BCUT2D eigenvalue weighted by atomic mass is 10.1. The lowest BCUT2D eigenvalue weighted by molar-refractivity contribution is -0.113. The molecule has 0 bridgehead atoms. The maximum absolute atomic E-state index is 11.9. The summed E-state index contributed by atoms with van der Waals surface area (Å²) in [6.45, 7) is 3.94. The quantitative estimate of drug-likeness (QED) is 0.435. The van der Waals surface area contributed by atoms with Gasteiger partial charge in [0, 0.05) is 15.3 Å². The molecule has 0 fully saturated rings. The number of rotatable bonds is 5. The van der Waals surface area contributed by atoms with Gasteiger partial charge in [-0.15, -0.1) is 0 Å². The van der Waals surface area contributed by atoms with Crippen LogP contribution in [0.4, 0.5) is 5.69 Å². The number of nitrogens with one attached hydrogen (secondary N) is 2. The molecule has 0 atom stereocenters. The lowest BCUT2D eigenvalue weighted by Crippen LogP contribution is -2.16. The van der Waals surface area contributed by atoms with Gasteiger partial charge in [-0.25, -0.2) is 4.98 Å². The third-order valence-corrected chi connectivity index (χ3v) is 4.39. The van der Waals surface area contributed by atoms with Crippen LogP contribution in [0.25, 0.3) is 0 Å². The van der Waals surface area contributed by atoms with Crippen molar-refractivity contribution in [2.45, 2.75) is 24.9 Å². The maximum Gasteiger partial charge on any atom is 0.251 e. The molecule has 7 heteroatoms. The standard InChI is InChI=1S/C15H16IN3O2S/c1-9(2)12-7-13(20)19-15(18-12)22-8-14(21)17-11-5-3-10(16)4-6-11/h3-7,9H,8H2,1-2H3,(H,17,21)(H,18,19,20). The number of amides is 1. The molecule has 2 aromatic rings. The van der Waals surface area contributed by atoms with Crippen LogP contribution >= 0.6 is 34.4 Å². The molecule has 0 saturated carbocycles. The molecular weight excluding hydrogens is 413 g/mol. The van der Waals surface area contributed by atoms with Gasteiger partial charge >= 0.3 is 0 Å². The average molecular weight is 429 g/mol. The van der Waals surface area contributed by atoms with Gasteiger partial charge in [-0.1, -0.05) is 25.6 Å². The van der Waals surface area contributed by atoms with Crippen LogP contribution < -0.4 is 10.9 Å². The van der Waals surface area contributed by atoms with E-state index < -0.39 is 0 Å². The van der Waals surface area contributed by atoms with Crippen LogP contribution in [0.5, 0.6) is 0 Å². The van der Waals surface area contributed by atoms with Crippen molar-refractivity contribution in [1.29, 1.82) is 0 Å². The first kappa shape index (κ1) is 17.0. The SMILES string of the molecule is CC(C)c1cc(=O)[nH]c(SCC(=O)Nc2ccc(I)cc2)n1. The minimum atomic E-state index is -0.195. The van der Waals surface area contributed by atoms with Gasteiger partial charge in [0.1, 0.15) is 0 Å². The smallest absolute Gasteiger partial charge is 0.251 e. The molecule has 0 aliphatic carbocycles. The number of aromatic nitrogens is 2. The van der Waals surface area contributed by atoms with Gasteiger partial charge in [0.05, 0.1) is 11.4 Å². The second kappa shape index (κ2) is 7.77. The summed E-state index contributed by atoms with van der Waals surface area (Å²) in [5.41, 5.74) is 1.28. The summed E-state index contributed by atoms with van der Waals surface area (Å²) in [4.78, 5) is 30.5. The summed E-state index contributed by atoms with van der Waals surface area (Å²) in [5.74, 6) is 0.224. The van der Waals surface area contributed by atoms with Crippen LogP contribution in [0.3, 0.4) is 0 Å². The van der Waals surface area contributed by atoms with Gasteiger partial charge < -0.3 is 10.3 Å². The van der Waals surface area contributed by atoms with Crippen molar-refractivity contribution in [3.05, 3.63) is 49.9 Å². The molecule has 22 heavy (non-hydrogen) atoms. The second-order valence-corrected chi connectivity index (χ2v) is 7.18. The van der Waals surface area contributed by atoms with Gasteiger partial charge in [-0.3, -0.25) is 9.59 Å². The molecule has 0 unspecified atom stereocenters. The highest BCUT2D eigenvalue weighted by molar-refractivity contribution is 14.1. The topological polar surface area (TPSA) is 74.8 Å². The highest BCUT2D eigenvalue weighted by Crippen LogP contribution is 2.16. The lowest BCUT2D eigenvalue weighted by Gasteiger charge is -2.07. The van der Waals surface area contributed by atoms with E-state index in [4.69, 9.17) is 0 Å². The van der Waals surface area contributed by atoms with Crippen molar-refractivity contribution >= 4 is 45.9 Å². The third-order valence-electron chi connectivity index (χ3n) is 2.80. The second-order valence-electron chi connectivity index (χ2n) is 4.97. The molecule has 116 valence electrons. The number of benzene rings is 1. The first-order valence-corrected chi connectivity index (χ1v) is 8.80. The Balaban J connectivity index is 1.96. The summed E-state index contributed by atoms with van der Waals surface area (Å²) in [6.07, 6.45) is 0. The number of aromatic amines is 1. The molecule has 1 amide bonds. The van der Waals surface area contributed by atoms with E-state index in [9.17, 15) is 9.59 Å². The van der Waals surface area contributed by atoms with Crippen LogP contribution in [0.15, 0.2) is 40.3 Å². The molecule has 1 heterocycles. The minimum Gasteiger partial charge on any atom is -0.325 e. The number of hydrogen-bond acceptors (Lipinski definition) is 4. The van der Waals surface area contributed by atoms with Crippen LogP contribution in [0, 0.1) is 3.57 Å². The summed E-state index contributed by atoms with van der Waals surface area (Å²) in [5, 5.41) is 3.28. The van der Waals surface area contributed by atoms with Crippen molar-refractivity contribution in [3.63, 3.8) is 0 Å². The predicted octanol–water partition coefficient (Wildman–Crippen LogP) is 3.23. The number of carbonyl (C=O) groups excluding carboxylic acids is 1. The summed E-state index contributed by atoms with van der Waals surface area (Å²) in [6, 6.07) is 9.04. The molecule has 0 aliphatic rings. The number of halogens is 1. The number of carbonyl (C=O) groups is 1. The van der Waals surface area contributed by atoms with Gasteiger partial charge in [-0.2, -0.15) is 0 Å². The normalized spacial score (nSPS) is 10.7. The van der Waals surface area contributed by atoms with E-state index in [0.29, 0.717) is 5.16 Å². The Labute approximate surface area is 146 Å². The monoisotopic (exact) mass is 429 g/mol. The number of nitrogens with zero attached hydrogens (tertiary/aromatic N) is 1. The average Bonchev–Trinajstić information content (AvgIpc) is 2.47. The molecule has 0 saturated heterocycles. The number of anilines is 1. The third kappa shape index (κ3) is 5.13. The van der Waals surface area contributed by atoms with Gasteiger partial charge in [0.15, 0.2) is 5.16 Å². The Hall–Kier alpha value is -1.35. The van der Waals surface area contributed by atoms with E-state index in [0.717, 1.165) is 15.0 Å². The predicted molar refractivity (Wildman–Crippen MR) is 97.5 cm³/mol. The fourth-order valence-electron chi connectivity index (χ4n) is 1.68. The summed E-state index contributed by atoms with van der Waals surface area (Å²) >= 11 is 3.42. The molecule has 1 aromatic heterocycles. The highest BCUT2D eigenvalue weighted by Gasteiger charge is 2.08. The van der Waals surface area contributed by atoms with Gasteiger partial charge in [0.25, 0.3) is 5.56 Å². The van der Waals surface area contributed by atoms with Crippen LogP contribution in [-0.2, 0) is 4.79 Å². The van der Waals surface area contributed by atoms with Gasteiger partial charge in [-0.05, 0) is 52.8 Å². The van der Waals surface area contributed by atoms with Crippen molar-refractivity contribution in [1.82, 2.24) is 9.97 Å². The zero-order valence-electron chi connectivity index (χ0n) is 12.2. The Morgan fingerprint density at radius 2 is 2.05 bits per heavy atom. The number of thioether (sulfide) groups is 1.